The van der Waals surface area contributed by atoms with Gasteiger partial charge in [0.05, 0.1) is 0 Å². The SMILES string of the molecule is CC(=O)O[C@H]1CC[C@]2(C)[C@H]3CC[C@]4(C)[C@@H](C(C)CCCC(C)C)CC[C@H]4[C@@H]3C[C@@H](Br)[C@@]2(F)C1. The molecule has 0 aromatic heterocycles. The molecule has 2 nitrogen and oxygen atoms in total. The normalized spacial score (nSPS) is 48.0. The molecule has 190 valence electrons. The van der Waals surface area contributed by atoms with E-state index < -0.39 is 5.67 Å². The highest BCUT2D eigenvalue weighted by atomic mass is 79.9. The van der Waals surface area contributed by atoms with Crippen LogP contribution in [-0.2, 0) is 9.53 Å². The molecule has 4 rings (SSSR count). The second kappa shape index (κ2) is 9.40. The maximum absolute atomic E-state index is 16.9. The minimum absolute atomic E-state index is 0.139. The summed E-state index contributed by atoms with van der Waals surface area (Å²) in [4.78, 5) is 11.4. The van der Waals surface area contributed by atoms with Crippen LogP contribution in [0.1, 0.15) is 112 Å². The summed E-state index contributed by atoms with van der Waals surface area (Å²) in [5.41, 5.74) is -1.18. The van der Waals surface area contributed by atoms with Crippen LogP contribution in [0.25, 0.3) is 0 Å². The number of rotatable bonds is 6. The number of alkyl halides is 2. The number of ether oxygens (including phenoxy) is 1. The van der Waals surface area contributed by atoms with Gasteiger partial charge in [-0.2, -0.15) is 0 Å². The third-order valence-electron chi connectivity index (χ3n) is 11.2. The van der Waals surface area contributed by atoms with Crippen molar-refractivity contribution in [3.63, 3.8) is 0 Å². The molecule has 4 fully saturated rings. The number of esters is 1. The van der Waals surface area contributed by atoms with Gasteiger partial charge in [0.2, 0.25) is 0 Å². The van der Waals surface area contributed by atoms with Crippen LogP contribution >= 0.6 is 15.9 Å². The summed E-state index contributed by atoms with van der Waals surface area (Å²) < 4.78 is 22.4. The van der Waals surface area contributed by atoms with Gasteiger partial charge in [0.25, 0.3) is 0 Å². The van der Waals surface area contributed by atoms with E-state index in [2.05, 4.69) is 50.5 Å². The molecule has 0 bridgehead atoms. The minimum Gasteiger partial charge on any atom is -0.462 e. The van der Waals surface area contributed by atoms with Crippen molar-refractivity contribution in [3.8, 4) is 0 Å². The Morgan fingerprint density at radius 2 is 1.79 bits per heavy atom. The number of hydrogen-bond acceptors (Lipinski definition) is 2. The fourth-order valence-electron chi connectivity index (χ4n) is 9.51. The van der Waals surface area contributed by atoms with Crippen LogP contribution in [0.15, 0.2) is 0 Å². The number of fused-ring (bicyclic) bond motifs is 5. The van der Waals surface area contributed by atoms with Gasteiger partial charge in [-0.15, -0.1) is 0 Å². The lowest BCUT2D eigenvalue weighted by atomic mass is 9.43. The van der Waals surface area contributed by atoms with Gasteiger partial charge < -0.3 is 4.74 Å². The first-order valence-electron chi connectivity index (χ1n) is 13.9. The first kappa shape index (κ1) is 26.0. The van der Waals surface area contributed by atoms with Gasteiger partial charge in [-0.25, -0.2) is 4.39 Å². The van der Waals surface area contributed by atoms with Gasteiger partial charge >= 0.3 is 5.97 Å². The smallest absolute Gasteiger partial charge is 0.302 e. The zero-order valence-corrected chi connectivity index (χ0v) is 23.6. The Bertz CT molecular complexity index is 726. The van der Waals surface area contributed by atoms with Gasteiger partial charge in [0.1, 0.15) is 11.8 Å². The number of carbonyl (C=O) groups excluding carboxylic acids is 1. The van der Waals surface area contributed by atoms with Gasteiger partial charge in [0.15, 0.2) is 0 Å². The van der Waals surface area contributed by atoms with Crippen LogP contribution in [0, 0.1) is 46.3 Å². The Balaban J connectivity index is 1.51. The van der Waals surface area contributed by atoms with Crippen molar-refractivity contribution in [2.24, 2.45) is 46.3 Å². The van der Waals surface area contributed by atoms with Crippen molar-refractivity contribution in [1.82, 2.24) is 0 Å². The topological polar surface area (TPSA) is 26.3 Å². The van der Waals surface area contributed by atoms with E-state index >= 15 is 4.39 Å². The number of carbonyl (C=O) groups is 1. The lowest BCUT2D eigenvalue weighted by Gasteiger charge is -2.64. The predicted molar refractivity (Wildman–Crippen MR) is 137 cm³/mol. The van der Waals surface area contributed by atoms with Crippen LogP contribution < -0.4 is 0 Å². The summed E-state index contributed by atoms with van der Waals surface area (Å²) in [6, 6.07) is 0. The van der Waals surface area contributed by atoms with E-state index in [0.29, 0.717) is 23.7 Å². The van der Waals surface area contributed by atoms with E-state index in [1.54, 1.807) is 0 Å². The monoisotopic (exact) mass is 526 g/mol. The molecule has 0 heterocycles. The standard InChI is InChI=1S/C29H48BrFO2/c1-18(2)8-7-9-19(3)23-10-11-24-22-16-26(30)29(31)17-21(33-20(4)32)12-15-28(29,6)25(22)13-14-27(23,24)5/h18-19,21-26H,7-17H2,1-6H3/t19?,21-,22-,23+,24-,25-,26+,27+,28+,29-/m0/s1. The number of hydrogen-bond donors (Lipinski definition) is 0. The third kappa shape index (κ3) is 4.35. The second-order valence-corrected chi connectivity index (χ2v) is 14.5. The van der Waals surface area contributed by atoms with E-state index in [-0.39, 0.29) is 22.3 Å². The van der Waals surface area contributed by atoms with E-state index in [0.717, 1.165) is 42.9 Å². The maximum Gasteiger partial charge on any atom is 0.302 e. The average Bonchev–Trinajstić information content (AvgIpc) is 3.07. The molecule has 4 saturated carbocycles. The van der Waals surface area contributed by atoms with Gasteiger partial charge in [-0.3, -0.25) is 4.79 Å². The Morgan fingerprint density at radius 3 is 2.45 bits per heavy atom. The largest absolute Gasteiger partial charge is 0.462 e. The molecule has 33 heavy (non-hydrogen) atoms. The Hall–Kier alpha value is -0.120. The molecule has 0 aromatic carbocycles. The van der Waals surface area contributed by atoms with Crippen LogP contribution in [0.4, 0.5) is 4.39 Å². The van der Waals surface area contributed by atoms with Gasteiger partial charge in [-0.05, 0) is 85.9 Å². The molecule has 4 aliphatic carbocycles. The highest BCUT2D eigenvalue weighted by Gasteiger charge is 2.68. The third-order valence-corrected chi connectivity index (χ3v) is 12.3. The quantitative estimate of drug-likeness (QED) is 0.256. The summed E-state index contributed by atoms with van der Waals surface area (Å²) >= 11 is 3.87. The summed E-state index contributed by atoms with van der Waals surface area (Å²) in [5.74, 6) is 3.97. The summed E-state index contributed by atoms with van der Waals surface area (Å²) in [7, 11) is 0. The number of halogens is 2. The Morgan fingerprint density at radius 1 is 1.06 bits per heavy atom. The minimum atomic E-state index is -1.29. The first-order chi connectivity index (χ1) is 15.4. The maximum atomic E-state index is 16.9. The first-order valence-corrected chi connectivity index (χ1v) is 14.8. The van der Waals surface area contributed by atoms with Crippen LogP contribution in [0.3, 0.4) is 0 Å². The summed E-state index contributed by atoms with van der Waals surface area (Å²) in [6.07, 6.45) is 11.9. The highest BCUT2D eigenvalue weighted by Crippen LogP contribution is 2.70. The molecule has 0 spiro atoms. The van der Waals surface area contributed by atoms with E-state index in [9.17, 15) is 4.79 Å². The molecule has 1 unspecified atom stereocenters. The highest BCUT2D eigenvalue weighted by molar-refractivity contribution is 9.09. The molecule has 0 amide bonds. The van der Waals surface area contributed by atoms with Crippen molar-refractivity contribution in [2.75, 3.05) is 0 Å². The van der Waals surface area contributed by atoms with Crippen molar-refractivity contribution in [1.29, 1.82) is 0 Å². The van der Waals surface area contributed by atoms with Gasteiger partial charge in [0, 0.05) is 23.6 Å². The fraction of sp³-hybridized carbons (Fsp3) is 0.966. The average molecular weight is 528 g/mol. The van der Waals surface area contributed by atoms with E-state index in [4.69, 9.17) is 4.74 Å². The second-order valence-electron chi connectivity index (χ2n) is 13.4. The summed E-state index contributed by atoms with van der Waals surface area (Å²) in [5, 5.41) is 0. The fourth-order valence-corrected chi connectivity index (χ4v) is 10.6. The molecule has 0 aromatic rings. The molecule has 0 aliphatic heterocycles. The molecule has 0 saturated heterocycles. The molecular formula is C29H48BrFO2. The van der Waals surface area contributed by atoms with Crippen LogP contribution in [0.2, 0.25) is 0 Å². The molecule has 4 aliphatic rings. The van der Waals surface area contributed by atoms with Crippen molar-refractivity contribution in [3.05, 3.63) is 0 Å². The predicted octanol–water partition coefficient (Wildman–Crippen LogP) is 8.50. The molecule has 10 atom stereocenters. The van der Waals surface area contributed by atoms with Crippen molar-refractivity contribution < 1.29 is 13.9 Å². The molecule has 4 heteroatoms. The Kier molecular flexibility index (Phi) is 7.39. The van der Waals surface area contributed by atoms with Crippen molar-refractivity contribution >= 4 is 21.9 Å². The lowest BCUT2D eigenvalue weighted by molar-refractivity contribution is -0.191. The molecule has 0 N–H and O–H groups in total. The lowest BCUT2D eigenvalue weighted by Crippen LogP contribution is -2.65. The molecular weight excluding hydrogens is 479 g/mol. The molecule has 0 radical (unpaired) electrons. The zero-order valence-electron chi connectivity index (χ0n) is 22.0. The summed E-state index contributed by atoms with van der Waals surface area (Å²) in [6.45, 7) is 13.5. The van der Waals surface area contributed by atoms with E-state index in [1.807, 2.05) is 0 Å². The van der Waals surface area contributed by atoms with Crippen molar-refractivity contribution in [2.45, 2.75) is 129 Å². The Labute approximate surface area is 210 Å². The van der Waals surface area contributed by atoms with Gasteiger partial charge in [-0.1, -0.05) is 69.8 Å². The van der Waals surface area contributed by atoms with E-state index in [1.165, 1.54) is 51.9 Å². The zero-order chi connectivity index (χ0) is 24.2. The van der Waals surface area contributed by atoms with Crippen LogP contribution in [-0.4, -0.2) is 22.6 Å². The van der Waals surface area contributed by atoms with Crippen LogP contribution in [0.5, 0.6) is 0 Å².